The van der Waals surface area contributed by atoms with Crippen LogP contribution in [0.2, 0.25) is 0 Å². The Balaban J connectivity index is 2.34. The fraction of sp³-hybridized carbons (Fsp3) is 0.182. The molecule has 3 N–H and O–H groups in total. The Kier molecular flexibility index (Phi) is 2.96. The summed E-state index contributed by atoms with van der Waals surface area (Å²) in [5, 5.41) is 6.74. The monoisotopic (exact) mass is 223 g/mol. The summed E-state index contributed by atoms with van der Waals surface area (Å²) in [7, 11) is 0. The van der Waals surface area contributed by atoms with Gasteiger partial charge in [-0.25, -0.2) is 8.78 Å². The number of nitrogens with two attached hydrogens (primary N) is 1. The van der Waals surface area contributed by atoms with Crippen molar-refractivity contribution in [1.29, 1.82) is 0 Å². The molecule has 5 heteroatoms. The zero-order chi connectivity index (χ0) is 11.5. The lowest BCUT2D eigenvalue weighted by atomic mass is 10.1. The minimum atomic E-state index is -0.613. The maximum Gasteiger partial charge on any atom is 0.126 e. The molecule has 0 fully saturated rings. The fourth-order valence-corrected chi connectivity index (χ4v) is 1.49. The third-order valence-corrected chi connectivity index (χ3v) is 2.20. The average molecular weight is 223 g/mol. The molecule has 2 aromatic rings. The van der Waals surface area contributed by atoms with Gasteiger partial charge in [-0.3, -0.25) is 5.10 Å². The first-order chi connectivity index (χ1) is 7.69. The van der Waals surface area contributed by atoms with Crippen LogP contribution in [0.3, 0.4) is 0 Å². The molecule has 0 saturated carbocycles. The van der Waals surface area contributed by atoms with E-state index >= 15 is 0 Å². The highest BCUT2D eigenvalue weighted by Gasteiger charge is 2.06. The predicted molar refractivity (Wildman–Crippen MR) is 56.7 cm³/mol. The van der Waals surface area contributed by atoms with Crippen molar-refractivity contribution in [2.75, 3.05) is 6.54 Å². The molecule has 0 saturated heterocycles. The van der Waals surface area contributed by atoms with Crippen molar-refractivity contribution in [1.82, 2.24) is 10.2 Å². The molecule has 0 amide bonds. The van der Waals surface area contributed by atoms with E-state index in [0.29, 0.717) is 24.2 Å². The van der Waals surface area contributed by atoms with E-state index in [-0.39, 0.29) is 0 Å². The largest absolute Gasteiger partial charge is 0.330 e. The maximum absolute atomic E-state index is 13.0. The second-order valence-corrected chi connectivity index (χ2v) is 3.48. The SMILES string of the molecule is NCCc1cc(-c2cc(F)cc(F)c2)n[nH]1. The summed E-state index contributed by atoms with van der Waals surface area (Å²) in [5.41, 5.74) is 7.17. The Morgan fingerprint density at radius 1 is 1.12 bits per heavy atom. The van der Waals surface area contributed by atoms with Crippen LogP contribution in [-0.4, -0.2) is 16.7 Å². The van der Waals surface area contributed by atoms with E-state index in [0.717, 1.165) is 11.8 Å². The van der Waals surface area contributed by atoms with Gasteiger partial charge >= 0.3 is 0 Å². The number of rotatable bonds is 3. The van der Waals surface area contributed by atoms with Crippen molar-refractivity contribution in [2.24, 2.45) is 5.73 Å². The first kappa shape index (κ1) is 10.8. The summed E-state index contributed by atoms with van der Waals surface area (Å²) < 4.78 is 25.9. The molecule has 1 aromatic carbocycles. The second kappa shape index (κ2) is 4.40. The molecular formula is C11H11F2N3. The van der Waals surface area contributed by atoms with Gasteiger partial charge in [-0.2, -0.15) is 5.10 Å². The highest BCUT2D eigenvalue weighted by molar-refractivity contribution is 5.59. The van der Waals surface area contributed by atoms with Crippen LogP contribution in [0, 0.1) is 11.6 Å². The van der Waals surface area contributed by atoms with Crippen LogP contribution in [0.25, 0.3) is 11.3 Å². The zero-order valence-corrected chi connectivity index (χ0v) is 8.50. The van der Waals surface area contributed by atoms with Crippen LogP contribution in [0.4, 0.5) is 8.78 Å². The van der Waals surface area contributed by atoms with E-state index in [2.05, 4.69) is 10.2 Å². The molecule has 1 heterocycles. The van der Waals surface area contributed by atoms with E-state index < -0.39 is 11.6 Å². The third kappa shape index (κ3) is 2.25. The van der Waals surface area contributed by atoms with E-state index in [1.54, 1.807) is 6.07 Å². The fourth-order valence-electron chi connectivity index (χ4n) is 1.49. The summed E-state index contributed by atoms with van der Waals surface area (Å²) in [5.74, 6) is -1.23. The molecule has 0 aliphatic carbocycles. The lowest BCUT2D eigenvalue weighted by molar-refractivity contribution is 0.584. The average Bonchev–Trinajstić information content (AvgIpc) is 2.65. The summed E-state index contributed by atoms with van der Waals surface area (Å²) in [6.45, 7) is 0.499. The van der Waals surface area contributed by atoms with Gasteiger partial charge in [0.2, 0.25) is 0 Å². The lowest BCUT2D eigenvalue weighted by Crippen LogP contribution is -2.02. The van der Waals surface area contributed by atoms with E-state index in [9.17, 15) is 8.78 Å². The minimum absolute atomic E-state index is 0.414. The summed E-state index contributed by atoms with van der Waals surface area (Å²) in [4.78, 5) is 0. The minimum Gasteiger partial charge on any atom is -0.330 e. The van der Waals surface area contributed by atoms with Crippen molar-refractivity contribution < 1.29 is 8.78 Å². The maximum atomic E-state index is 13.0. The number of nitrogens with one attached hydrogen (secondary N) is 1. The smallest absolute Gasteiger partial charge is 0.126 e. The van der Waals surface area contributed by atoms with Gasteiger partial charge < -0.3 is 5.73 Å². The topological polar surface area (TPSA) is 54.7 Å². The first-order valence-corrected chi connectivity index (χ1v) is 4.90. The van der Waals surface area contributed by atoms with Crippen molar-refractivity contribution >= 4 is 0 Å². The Morgan fingerprint density at radius 2 is 1.81 bits per heavy atom. The molecule has 3 nitrogen and oxygen atoms in total. The van der Waals surface area contributed by atoms with Crippen LogP contribution >= 0.6 is 0 Å². The van der Waals surface area contributed by atoms with Gasteiger partial charge in [0, 0.05) is 23.7 Å². The van der Waals surface area contributed by atoms with Gasteiger partial charge in [0.15, 0.2) is 0 Å². The molecular weight excluding hydrogens is 212 g/mol. The van der Waals surface area contributed by atoms with Gasteiger partial charge in [0.05, 0.1) is 5.69 Å². The molecule has 0 bridgehead atoms. The Labute approximate surface area is 91.3 Å². The molecule has 1 aromatic heterocycles. The molecule has 0 aliphatic rings. The Morgan fingerprint density at radius 3 is 2.44 bits per heavy atom. The van der Waals surface area contributed by atoms with E-state index in [4.69, 9.17) is 5.73 Å². The summed E-state index contributed by atoms with van der Waals surface area (Å²) in [6, 6.07) is 5.05. The number of halogens is 2. The molecule has 84 valence electrons. The Bertz CT molecular complexity index is 473. The van der Waals surface area contributed by atoms with Gasteiger partial charge in [0.25, 0.3) is 0 Å². The highest BCUT2D eigenvalue weighted by Crippen LogP contribution is 2.20. The van der Waals surface area contributed by atoms with Crippen molar-refractivity contribution in [3.63, 3.8) is 0 Å². The number of hydrogen-bond donors (Lipinski definition) is 2. The van der Waals surface area contributed by atoms with Gasteiger partial charge in [-0.05, 0) is 24.7 Å². The number of nitrogens with zero attached hydrogens (tertiary/aromatic N) is 1. The molecule has 2 rings (SSSR count). The third-order valence-electron chi connectivity index (χ3n) is 2.20. The van der Waals surface area contributed by atoms with Gasteiger partial charge in [-0.1, -0.05) is 0 Å². The van der Waals surface area contributed by atoms with Crippen LogP contribution < -0.4 is 5.73 Å². The summed E-state index contributed by atoms with van der Waals surface area (Å²) >= 11 is 0. The number of hydrogen-bond acceptors (Lipinski definition) is 2. The normalized spacial score (nSPS) is 10.7. The van der Waals surface area contributed by atoms with Crippen molar-refractivity contribution in [2.45, 2.75) is 6.42 Å². The van der Waals surface area contributed by atoms with Gasteiger partial charge in [0.1, 0.15) is 11.6 Å². The number of aromatic amines is 1. The van der Waals surface area contributed by atoms with Crippen LogP contribution in [-0.2, 0) is 6.42 Å². The van der Waals surface area contributed by atoms with Crippen LogP contribution in [0.15, 0.2) is 24.3 Å². The first-order valence-electron chi connectivity index (χ1n) is 4.90. The second-order valence-electron chi connectivity index (χ2n) is 3.48. The molecule has 0 spiro atoms. The molecule has 0 radical (unpaired) electrons. The van der Waals surface area contributed by atoms with Crippen molar-refractivity contribution in [3.05, 3.63) is 41.6 Å². The molecule has 0 unspecified atom stereocenters. The lowest BCUT2D eigenvalue weighted by Gasteiger charge is -1.97. The standard InChI is InChI=1S/C11H11F2N3/c12-8-3-7(4-9(13)5-8)11-6-10(1-2-14)15-16-11/h3-6H,1-2,14H2,(H,15,16). The quantitative estimate of drug-likeness (QED) is 0.834. The molecule has 0 aliphatic heterocycles. The van der Waals surface area contributed by atoms with E-state index in [1.807, 2.05) is 0 Å². The number of H-pyrrole nitrogens is 1. The number of benzene rings is 1. The molecule has 0 atom stereocenters. The van der Waals surface area contributed by atoms with Gasteiger partial charge in [-0.15, -0.1) is 0 Å². The number of aromatic nitrogens is 2. The molecule has 16 heavy (non-hydrogen) atoms. The van der Waals surface area contributed by atoms with Crippen LogP contribution in [0.5, 0.6) is 0 Å². The highest BCUT2D eigenvalue weighted by atomic mass is 19.1. The van der Waals surface area contributed by atoms with Crippen molar-refractivity contribution in [3.8, 4) is 11.3 Å². The Hall–Kier alpha value is -1.75. The van der Waals surface area contributed by atoms with E-state index in [1.165, 1.54) is 12.1 Å². The van der Waals surface area contributed by atoms with Crippen LogP contribution in [0.1, 0.15) is 5.69 Å². The summed E-state index contributed by atoms with van der Waals surface area (Å²) in [6.07, 6.45) is 0.658. The zero-order valence-electron chi connectivity index (χ0n) is 8.50. The predicted octanol–water partition coefficient (Wildman–Crippen LogP) is 1.86.